The van der Waals surface area contributed by atoms with E-state index in [0.29, 0.717) is 25.3 Å². The Morgan fingerprint density at radius 3 is 2.79 bits per heavy atom. The minimum atomic E-state index is -0.268. The van der Waals surface area contributed by atoms with Crippen LogP contribution in [0.4, 0.5) is 5.13 Å². The molecule has 9 heteroatoms. The second-order valence-corrected chi connectivity index (χ2v) is 8.32. The van der Waals surface area contributed by atoms with Crippen LogP contribution in [-0.4, -0.2) is 22.0 Å². The fourth-order valence-electron chi connectivity index (χ4n) is 2.45. The monoisotopic (exact) mass is 497 g/mol. The summed E-state index contributed by atoms with van der Waals surface area (Å²) in [6, 6.07) is 8.28. The first kappa shape index (κ1) is 20.8. The molecule has 28 heavy (non-hydrogen) atoms. The van der Waals surface area contributed by atoms with E-state index in [9.17, 15) is 9.59 Å². The Bertz CT molecular complexity index is 1100. The van der Waals surface area contributed by atoms with E-state index < -0.39 is 0 Å². The zero-order chi connectivity index (χ0) is 20.3. The van der Waals surface area contributed by atoms with Crippen molar-refractivity contribution in [1.82, 2.24) is 9.55 Å². The lowest BCUT2D eigenvalue weighted by molar-refractivity contribution is -0.119. The zero-order valence-electron chi connectivity index (χ0n) is 14.4. The number of hydrogen-bond donors (Lipinski definition) is 0. The van der Waals surface area contributed by atoms with Crippen LogP contribution < -0.4 is 10.5 Å². The number of pyridine rings is 1. The van der Waals surface area contributed by atoms with Gasteiger partial charge in [-0.05, 0) is 34.1 Å². The molecule has 0 unspecified atom stereocenters. The number of amides is 1. The fourth-order valence-corrected chi connectivity index (χ4v) is 3.99. The average Bonchev–Trinajstić information content (AvgIpc) is 3.14. The van der Waals surface area contributed by atoms with Crippen molar-refractivity contribution in [2.45, 2.75) is 6.54 Å². The molecule has 3 aromatic rings. The van der Waals surface area contributed by atoms with Crippen LogP contribution in [0.2, 0.25) is 10.0 Å². The first-order valence-electron chi connectivity index (χ1n) is 8.07. The van der Waals surface area contributed by atoms with Crippen LogP contribution in [0, 0.1) is 0 Å². The van der Waals surface area contributed by atoms with Crippen molar-refractivity contribution in [1.29, 1.82) is 0 Å². The van der Waals surface area contributed by atoms with E-state index in [4.69, 9.17) is 23.2 Å². The van der Waals surface area contributed by atoms with Gasteiger partial charge in [0, 0.05) is 34.2 Å². The van der Waals surface area contributed by atoms with Gasteiger partial charge in [0.1, 0.15) is 6.54 Å². The van der Waals surface area contributed by atoms with Gasteiger partial charge in [0.25, 0.3) is 5.56 Å². The summed E-state index contributed by atoms with van der Waals surface area (Å²) in [5.41, 5.74) is 1.22. The molecular weight excluding hydrogens is 485 g/mol. The number of hydrogen-bond acceptors (Lipinski definition) is 4. The summed E-state index contributed by atoms with van der Waals surface area (Å²) in [4.78, 5) is 30.9. The Morgan fingerprint density at radius 1 is 1.29 bits per heavy atom. The van der Waals surface area contributed by atoms with Gasteiger partial charge in [-0.2, -0.15) is 0 Å². The number of nitrogens with zero attached hydrogens (tertiary/aromatic N) is 3. The summed E-state index contributed by atoms with van der Waals surface area (Å²) < 4.78 is 2.06. The highest BCUT2D eigenvalue weighted by Gasteiger charge is 2.19. The molecule has 3 rings (SSSR count). The standard InChI is InChI=1S/C19H14BrCl2N3O2S/c1-2-7-25(18(27)10-24-9-13(20)4-6-17(24)26)19-23-16(11-28-19)12-3-5-14(21)15(22)8-12/h2-6,8-9,11H,1,7,10H2. The molecule has 144 valence electrons. The lowest BCUT2D eigenvalue weighted by atomic mass is 10.2. The molecule has 0 N–H and O–H groups in total. The molecule has 0 spiro atoms. The van der Waals surface area contributed by atoms with Crippen molar-refractivity contribution in [3.05, 3.63) is 79.4 Å². The van der Waals surface area contributed by atoms with Gasteiger partial charge in [-0.15, -0.1) is 17.9 Å². The summed E-state index contributed by atoms with van der Waals surface area (Å²) >= 11 is 16.7. The maximum atomic E-state index is 12.8. The predicted octanol–water partition coefficient (Wildman–Crippen LogP) is 5.26. The van der Waals surface area contributed by atoms with Crippen LogP contribution in [-0.2, 0) is 11.3 Å². The van der Waals surface area contributed by atoms with E-state index in [1.807, 2.05) is 11.4 Å². The summed E-state index contributed by atoms with van der Waals surface area (Å²) in [5.74, 6) is -0.268. The lowest BCUT2D eigenvalue weighted by Crippen LogP contribution is -2.36. The average molecular weight is 499 g/mol. The number of halogens is 3. The van der Waals surface area contributed by atoms with Crippen molar-refractivity contribution >= 4 is 61.5 Å². The minimum Gasteiger partial charge on any atom is -0.305 e. The number of anilines is 1. The largest absolute Gasteiger partial charge is 0.305 e. The highest BCUT2D eigenvalue weighted by molar-refractivity contribution is 9.10. The van der Waals surface area contributed by atoms with Gasteiger partial charge >= 0.3 is 0 Å². The van der Waals surface area contributed by atoms with E-state index in [-0.39, 0.29) is 24.6 Å². The maximum Gasteiger partial charge on any atom is 0.251 e. The van der Waals surface area contributed by atoms with Crippen LogP contribution in [0.5, 0.6) is 0 Å². The van der Waals surface area contributed by atoms with Gasteiger partial charge in [-0.25, -0.2) is 4.98 Å². The number of thiazole rings is 1. The molecule has 0 aliphatic rings. The number of carbonyl (C=O) groups excluding carboxylic acids is 1. The molecule has 2 aromatic heterocycles. The lowest BCUT2D eigenvalue weighted by Gasteiger charge is -2.18. The first-order chi connectivity index (χ1) is 13.4. The van der Waals surface area contributed by atoms with Crippen LogP contribution in [0.15, 0.2) is 63.8 Å². The number of rotatable bonds is 6. The molecule has 0 aliphatic heterocycles. The van der Waals surface area contributed by atoms with E-state index in [1.54, 1.807) is 30.5 Å². The predicted molar refractivity (Wildman–Crippen MR) is 119 cm³/mol. The van der Waals surface area contributed by atoms with Gasteiger partial charge in [0.05, 0.1) is 15.7 Å². The highest BCUT2D eigenvalue weighted by atomic mass is 79.9. The molecule has 0 bridgehead atoms. The Labute approximate surface area is 184 Å². The fraction of sp³-hybridized carbons (Fsp3) is 0.105. The topological polar surface area (TPSA) is 55.2 Å². The Hall–Kier alpha value is -1.93. The Balaban J connectivity index is 1.87. The van der Waals surface area contributed by atoms with Crippen molar-refractivity contribution in [3.63, 3.8) is 0 Å². The second kappa shape index (κ2) is 9.05. The molecule has 1 aromatic carbocycles. The van der Waals surface area contributed by atoms with Gasteiger partial charge in [-0.1, -0.05) is 35.3 Å². The molecule has 1 amide bonds. The van der Waals surface area contributed by atoms with Crippen LogP contribution >= 0.6 is 50.5 Å². The van der Waals surface area contributed by atoms with Gasteiger partial charge in [0.2, 0.25) is 5.91 Å². The van der Waals surface area contributed by atoms with Gasteiger partial charge in [-0.3, -0.25) is 14.5 Å². The molecule has 2 heterocycles. The Kier molecular flexibility index (Phi) is 6.72. The molecule has 0 radical (unpaired) electrons. The highest BCUT2D eigenvalue weighted by Crippen LogP contribution is 2.31. The summed E-state index contributed by atoms with van der Waals surface area (Å²) in [7, 11) is 0. The first-order valence-corrected chi connectivity index (χ1v) is 10.5. The third-order valence-electron chi connectivity index (χ3n) is 3.80. The van der Waals surface area contributed by atoms with Crippen molar-refractivity contribution in [2.24, 2.45) is 0 Å². The van der Waals surface area contributed by atoms with Gasteiger partial charge < -0.3 is 4.57 Å². The molecule has 0 saturated carbocycles. The van der Waals surface area contributed by atoms with E-state index in [0.717, 1.165) is 5.56 Å². The van der Waals surface area contributed by atoms with E-state index >= 15 is 0 Å². The van der Waals surface area contributed by atoms with E-state index in [2.05, 4.69) is 27.5 Å². The molecule has 0 fully saturated rings. The minimum absolute atomic E-state index is 0.103. The maximum absolute atomic E-state index is 12.8. The molecule has 5 nitrogen and oxygen atoms in total. The van der Waals surface area contributed by atoms with Crippen molar-refractivity contribution in [3.8, 4) is 11.3 Å². The summed E-state index contributed by atoms with van der Waals surface area (Å²) in [5, 5.41) is 3.24. The SMILES string of the molecule is C=CCN(C(=O)Cn1cc(Br)ccc1=O)c1nc(-c2ccc(Cl)c(Cl)c2)cs1. The number of benzene rings is 1. The second-order valence-electron chi connectivity index (χ2n) is 5.75. The van der Waals surface area contributed by atoms with Crippen molar-refractivity contribution < 1.29 is 4.79 Å². The smallest absolute Gasteiger partial charge is 0.251 e. The summed E-state index contributed by atoms with van der Waals surface area (Å²) in [6.45, 7) is 3.88. The Morgan fingerprint density at radius 2 is 2.07 bits per heavy atom. The summed E-state index contributed by atoms with van der Waals surface area (Å²) in [6.07, 6.45) is 3.19. The van der Waals surface area contributed by atoms with Crippen LogP contribution in [0.3, 0.4) is 0 Å². The molecule has 0 saturated heterocycles. The van der Waals surface area contributed by atoms with Gasteiger partial charge in [0.15, 0.2) is 5.13 Å². The quantitative estimate of drug-likeness (QED) is 0.435. The van der Waals surface area contributed by atoms with Crippen LogP contribution in [0.1, 0.15) is 0 Å². The normalized spacial score (nSPS) is 10.7. The van der Waals surface area contributed by atoms with Crippen molar-refractivity contribution in [2.75, 3.05) is 11.4 Å². The number of aromatic nitrogens is 2. The molecular formula is C19H14BrCl2N3O2S. The zero-order valence-corrected chi connectivity index (χ0v) is 18.4. The molecule has 0 atom stereocenters. The van der Waals surface area contributed by atoms with Crippen LogP contribution in [0.25, 0.3) is 11.3 Å². The van der Waals surface area contributed by atoms with E-state index in [1.165, 1.54) is 26.9 Å². The third-order valence-corrected chi connectivity index (χ3v) is 5.88. The molecule has 0 aliphatic carbocycles. The number of carbonyl (C=O) groups is 1. The third kappa shape index (κ3) is 4.72.